The van der Waals surface area contributed by atoms with Crippen molar-refractivity contribution in [3.8, 4) is 16.9 Å². The van der Waals surface area contributed by atoms with Gasteiger partial charge in [-0.3, -0.25) is 0 Å². The first-order valence-electron chi connectivity index (χ1n) is 10.0. The van der Waals surface area contributed by atoms with E-state index in [0.29, 0.717) is 52.7 Å². The van der Waals surface area contributed by atoms with Gasteiger partial charge in [-0.25, -0.2) is 13.2 Å². The van der Waals surface area contributed by atoms with Crippen LogP contribution in [0.2, 0.25) is 5.02 Å². The van der Waals surface area contributed by atoms with Gasteiger partial charge < -0.3 is 4.74 Å². The molecule has 0 heterocycles. The molecule has 4 rings (SSSR count). The van der Waals surface area contributed by atoms with Crippen LogP contribution in [0, 0.1) is 17.5 Å². The Bertz CT molecular complexity index is 1250. The van der Waals surface area contributed by atoms with Crippen molar-refractivity contribution in [2.45, 2.75) is 19.8 Å². The van der Waals surface area contributed by atoms with Crippen LogP contribution < -0.4 is 4.74 Å². The summed E-state index contributed by atoms with van der Waals surface area (Å²) in [6.07, 6.45) is 0.921. The molecule has 158 valence electrons. The molecule has 0 fully saturated rings. The summed E-state index contributed by atoms with van der Waals surface area (Å²) in [5, 5.41) is 1.22. The van der Waals surface area contributed by atoms with Crippen LogP contribution in [-0.4, -0.2) is 6.61 Å². The summed E-state index contributed by atoms with van der Waals surface area (Å²) in [6.45, 7) is 2.30. The van der Waals surface area contributed by atoms with E-state index in [-0.39, 0.29) is 10.8 Å². The van der Waals surface area contributed by atoms with E-state index in [1.54, 1.807) is 42.5 Å². The number of hydrogen-bond acceptors (Lipinski definition) is 1. The summed E-state index contributed by atoms with van der Waals surface area (Å²) in [7, 11) is 0. The van der Waals surface area contributed by atoms with Crippen molar-refractivity contribution in [3.63, 3.8) is 0 Å². The average molecular weight is 441 g/mol. The number of ether oxygens (including phenoxy) is 1. The van der Waals surface area contributed by atoms with Gasteiger partial charge in [-0.2, -0.15) is 0 Å². The van der Waals surface area contributed by atoms with Crippen molar-refractivity contribution >= 4 is 22.4 Å². The average Bonchev–Trinajstić information content (AvgIpc) is 2.76. The predicted octanol–water partition coefficient (Wildman–Crippen LogP) is 7.76. The minimum Gasteiger partial charge on any atom is -0.494 e. The molecule has 1 nitrogen and oxygen atoms in total. The Labute approximate surface area is 184 Å². The van der Waals surface area contributed by atoms with Crippen molar-refractivity contribution in [1.29, 1.82) is 0 Å². The Morgan fingerprint density at radius 1 is 0.806 bits per heavy atom. The number of hydrogen-bond donors (Lipinski definition) is 0. The molecule has 4 aromatic rings. The van der Waals surface area contributed by atoms with Gasteiger partial charge in [-0.1, -0.05) is 41.9 Å². The number of aryl methyl sites for hydroxylation is 2. The molecule has 0 bridgehead atoms. The van der Waals surface area contributed by atoms with Crippen molar-refractivity contribution < 1.29 is 17.9 Å². The van der Waals surface area contributed by atoms with Crippen LogP contribution in [0.1, 0.15) is 18.1 Å². The van der Waals surface area contributed by atoms with Crippen LogP contribution in [-0.2, 0) is 12.8 Å². The molecule has 0 N–H and O–H groups in total. The molecule has 0 amide bonds. The van der Waals surface area contributed by atoms with E-state index in [1.807, 2.05) is 13.0 Å². The highest BCUT2D eigenvalue weighted by molar-refractivity contribution is 6.30. The SMILES string of the molecule is CCOc1ccc(-c2ccc3c(F)c(CCc4ccc(Cl)c(F)c4)ccc3c2)c(F)c1. The zero-order chi connectivity index (χ0) is 22.0. The highest BCUT2D eigenvalue weighted by Gasteiger charge is 2.12. The number of rotatable bonds is 6. The molecule has 0 unspecified atom stereocenters. The van der Waals surface area contributed by atoms with Crippen LogP contribution in [0.5, 0.6) is 5.75 Å². The van der Waals surface area contributed by atoms with Crippen LogP contribution in [0.25, 0.3) is 21.9 Å². The quantitative estimate of drug-likeness (QED) is 0.297. The Morgan fingerprint density at radius 2 is 1.65 bits per heavy atom. The van der Waals surface area contributed by atoms with E-state index in [9.17, 15) is 8.78 Å². The minimum absolute atomic E-state index is 0.0698. The van der Waals surface area contributed by atoms with Crippen molar-refractivity contribution in [2.75, 3.05) is 6.61 Å². The Morgan fingerprint density at radius 3 is 2.39 bits per heavy atom. The van der Waals surface area contributed by atoms with Gasteiger partial charge >= 0.3 is 0 Å². The fraction of sp³-hybridized carbons (Fsp3) is 0.154. The minimum atomic E-state index is -0.479. The molecule has 0 saturated heterocycles. The molecule has 0 aliphatic heterocycles. The number of halogens is 4. The van der Waals surface area contributed by atoms with E-state index in [0.717, 1.165) is 5.56 Å². The second kappa shape index (κ2) is 9.03. The number of fused-ring (bicyclic) bond motifs is 1. The normalized spacial score (nSPS) is 11.1. The smallest absolute Gasteiger partial charge is 0.142 e. The summed E-state index contributed by atoms with van der Waals surface area (Å²) < 4.78 is 48.6. The summed E-state index contributed by atoms with van der Waals surface area (Å²) in [5.41, 5.74) is 2.39. The topological polar surface area (TPSA) is 9.23 Å². The fourth-order valence-corrected chi connectivity index (χ4v) is 3.78. The predicted molar refractivity (Wildman–Crippen MR) is 119 cm³/mol. The third-order valence-electron chi connectivity index (χ3n) is 5.26. The molecule has 0 spiro atoms. The Balaban J connectivity index is 1.60. The standard InChI is InChI=1S/C26H20ClF3O/c1-2-31-20-9-11-21(24(28)15-20)18-8-10-22-19(14-18)7-6-17(26(22)30)5-3-16-4-12-23(27)25(29)13-16/h4,6-15H,2-3,5H2,1H3. The lowest BCUT2D eigenvalue weighted by Crippen LogP contribution is -1.97. The molecule has 0 aliphatic rings. The van der Waals surface area contributed by atoms with E-state index in [1.165, 1.54) is 18.2 Å². The molecule has 0 saturated carbocycles. The van der Waals surface area contributed by atoms with Crippen molar-refractivity contribution in [1.82, 2.24) is 0 Å². The summed E-state index contributed by atoms with van der Waals surface area (Å²) >= 11 is 5.71. The second-order valence-electron chi connectivity index (χ2n) is 7.30. The summed E-state index contributed by atoms with van der Waals surface area (Å²) in [4.78, 5) is 0. The van der Waals surface area contributed by atoms with Crippen LogP contribution in [0.15, 0.2) is 66.7 Å². The molecule has 5 heteroatoms. The lowest BCUT2D eigenvalue weighted by atomic mass is 9.97. The second-order valence-corrected chi connectivity index (χ2v) is 7.70. The van der Waals surface area contributed by atoms with E-state index in [2.05, 4.69) is 0 Å². The first-order valence-corrected chi connectivity index (χ1v) is 10.4. The maximum Gasteiger partial charge on any atom is 0.142 e. The van der Waals surface area contributed by atoms with E-state index >= 15 is 4.39 Å². The van der Waals surface area contributed by atoms with Gasteiger partial charge in [0.25, 0.3) is 0 Å². The number of benzene rings is 4. The molecule has 0 aliphatic carbocycles. The molecule has 31 heavy (non-hydrogen) atoms. The van der Waals surface area contributed by atoms with Gasteiger partial charge in [-0.05, 0) is 72.2 Å². The van der Waals surface area contributed by atoms with Crippen molar-refractivity contribution in [2.24, 2.45) is 0 Å². The molecule has 0 atom stereocenters. The van der Waals surface area contributed by atoms with Crippen LogP contribution >= 0.6 is 11.6 Å². The summed E-state index contributed by atoms with van der Waals surface area (Å²) in [5.74, 6) is -0.712. The molecule has 0 aromatic heterocycles. The highest BCUT2D eigenvalue weighted by Crippen LogP contribution is 2.31. The summed E-state index contributed by atoms with van der Waals surface area (Å²) in [6, 6.07) is 18.1. The molecular formula is C26H20ClF3O. The Kier molecular flexibility index (Phi) is 6.19. The van der Waals surface area contributed by atoms with Crippen LogP contribution in [0.4, 0.5) is 13.2 Å². The maximum absolute atomic E-state index is 15.1. The van der Waals surface area contributed by atoms with Gasteiger partial charge in [0.2, 0.25) is 0 Å². The van der Waals surface area contributed by atoms with Gasteiger partial charge in [0.15, 0.2) is 0 Å². The molecular weight excluding hydrogens is 421 g/mol. The van der Waals surface area contributed by atoms with Gasteiger partial charge in [0, 0.05) is 17.0 Å². The molecule has 0 radical (unpaired) electrons. The van der Waals surface area contributed by atoms with Gasteiger partial charge in [-0.15, -0.1) is 0 Å². The van der Waals surface area contributed by atoms with Gasteiger partial charge in [0.1, 0.15) is 23.2 Å². The highest BCUT2D eigenvalue weighted by atomic mass is 35.5. The van der Waals surface area contributed by atoms with Gasteiger partial charge in [0.05, 0.1) is 11.6 Å². The lowest BCUT2D eigenvalue weighted by molar-refractivity contribution is 0.338. The van der Waals surface area contributed by atoms with Crippen LogP contribution in [0.3, 0.4) is 0 Å². The zero-order valence-electron chi connectivity index (χ0n) is 16.9. The third-order valence-corrected chi connectivity index (χ3v) is 5.57. The molecule has 4 aromatic carbocycles. The van der Waals surface area contributed by atoms with Crippen molar-refractivity contribution in [3.05, 3.63) is 100 Å². The zero-order valence-corrected chi connectivity index (χ0v) is 17.6. The Hall–Kier alpha value is -2.98. The van der Waals surface area contributed by atoms with E-state index in [4.69, 9.17) is 16.3 Å². The first kappa shape index (κ1) is 21.3. The monoisotopic (exact) mass is 440 g/mol. The largest absolute Gasteiger partial charge is 0.494 e. The fourth-order valence-electron chi connectivity index (χ4n) is 3.66. The van der Waals surface area contributed by atoms with E-state index < -0.39 is 11.6 Å². The maximum atomic E-state index is 15.1. The third kappa shape index (κ3) is 4.54. The first-order chi connectivity index (χ1) is 15.0. The lowest BCUT2D eigenvalue weighted by Gasteiger charge is -2.11.